The number of furan rings is 1. The second kappa shape index (κ2) is 5.51. The molecule has 1 aromatic heterocycles. The highest BCUT2D eigenvalue weighted by Gasteiger charge is 2.16. The average molecular weight is 246 g/mol. The summed E-state index contributed by atoms with van der Waals surface area (Å²) in [7, 11) is 1.56. The molecule has 18 heavy (non-hydrogen) atoms. The lowest BCUT2D eigenvalue weighted by Crippen LogP contribution is -2.06. The van der Waals surface area contributed by atoms with Gasteiger partial charge in [0.2, 0.25) is 5.78 Å². The van der Waals surface area contributed by atoms with E-state index in [1.165, 1.54) is 6.26 Å². The van der Waals surface area contributed by atoms with Gasteiger partial charge in [0, 0.05) is 6.42 Å². The minimum absolute atomic E-state index is 0.0132. The molecule has 0 saturated carbocycles. The standard InChI is InChI=1S/C14H14O4/c1-17-11-5-2-4-10(8-11)12(15)9-13(16)14-6-3-7-18-14/h2-8,12,15H,9H2,1H3/t12-/m0/s1. The van der Waals surface area contributed by atoms with Crippen molar-refractivity contribution in [1.82, 2.24) is 0 Å². The van der Waals surface area contributed by atoms with Gasteiger partial charge in [-0.15, -0.1) is 0 Å². The summed E-state index contributed by atoms with van der Waals surface area (Å²) in [5.41, 5.74) is 0.647. The predicted molar refractivity (Wildman–Crippen MR) is 65.6 cm³/mol. The average Bonchev–Trinajstić information content (AvgIpc) is 2.92. The Labute approximate surface area is 105 Å². The quantitative estimate of drug-likeness (QED) is 0.824. The first-order valence-corrected chi connectivity index (χ1v) is 5.59. The molecule has 1 aromatic carbocycles. The third-order valence-corrected chi connectivity index (χ3v) is 2.65. The molecule has 0 aliphatic carbocycles. The number of aliphatic hydroxyl groups excluding tert-OH is 1. The first-order valence-electron chi connectivity index (χ1n) is 5.59. The molecule has 0 amide bonds. The van der Waals surface area contributed by atoms with Gasteiger partial charge in [0.25, 0.3) is 0 Å². The highest BCUT2D eigenvalue weighted by atomic mass is 16.5. The molecule has 1 atom stereocenters. The lowest BCUT2D eigenvalue weighted by molar-refractivity contribution is 0.0853. The molecule has 0 aliphatic heterocycles. The van der Waals surface area contributed by atoms with Gasteiger partial charge in [-0.1, -0.05) is 12.1 Å². The molecule has 1 N–H and O–H groups in total. The fourth-order valence-corrected chi connectivity index (χ4v) is 1.68. The zero-order valence-electron chi connectivity index (χ0n) is 10.00. The number of rotatable bonds is 5. The Balaban J connectivity index is 2.07. The van der Waals surface area contributed by atoms with Crippen LogP contribution in [0, 0.1) is 0 Å². The fraction of sp³-hybridized carbons (Fsp3) is 0.214. The van der Waals surface area contributed by atoms with E-state index in [1.807, 2.05) is 0 Å². The maximum atomic E-state index is 11.8. The largest absolute Gasteiger partial charge is 0.497 e. The molecule has 0 radical (unpaired) electrons. The van der Waals surface area contributed by atoms with E-state index >= 15 is 0 Å². The van der Waals surface area contributed by atoms with Gasteiger partial charge in [-0.2, -0.15) is 0 Å². The maximum Gasteiger partial charge on any atom is 0.200 e. The van der Waals surface area contributed by atoms with E-state index in [0.29, 0.717) is 11.3 Å². The maximum absolute atomic E-state index is 11.8. The molecule has 2 rings (SSSR count). The zero-order chi connectivity index (χ0) is 13.0. The first-order chi connectivity index (χ1) is 8.70. The number of carbonyl (C=O) groups is 1. The molecule has 2 aromatic rings. The summed E-state index contributed by atoms with van der Waals surface area (Å²) in [6, 6.07) is 10.2. The minimum atomic E-state index is -0.863. The van der Waals surface area contributed by atoms with Crippen LogP contribution in [0.25, 0.3) is 0 Å². The predicted octanol–water partition coefficient (Wildman–Crippen LogP) is 2.59. The van der Waals surface area contributed by atoms with Crippen LogP contribution in [0.2, 0.25) is 0 Å². The molecular weight excluding hydrogens is 232 g/mol. The first kappa shape index (κ1) is 12.4. The summed E-state index contributed by atoms with van der Waals surface area (Å²) in [5, 5.41) is 9.99. The monoisotopic (exact) mass is 246 g/mol. The lowest BCUT2D eigenvalue weighted by atomic mass is 10.0. The van der Waals surface area contributed by atoms with Crippen molar-refractivity contribution in [3.8, 4) is 5.75 Å². The highest BCUT2D eigenvalue weighted by molar-refractivity contribution is 5.93. The molecule has 0 saturated heterocycles. The van der Waals surface area contributed by atoms with Crippen LogP contribution in [0.3, 0.4) is 0 Å². The Morgan fingerprint density at radius 2 is 2.22 bits per heavy atom. The van der Waals surface area contributed by atoms with Crippen LogP contribution < -0.4 is 4.74 Å². The molecule has 1 heterocycles. The van der Waals surface area contributed by atoms with Gasteiger partial charge in [-0.25, -0.2) is 0 Å². The summed E-state index contributed by atoms with van der Waals surface area (Å²) in [6.07, 6.45) is 0.559. The van der Waals surface area contributed by atoms with Gasteiger partial charge in [-0.3, -0.25) is 4.79 Å². The Hall–Kier alpha value is -2.07. The fourth-order valence-electron chi connectivity index (χ4n) is 1.68. The Morgan fingerprint density at radius 3 is 2.89 bits per heavy atom. The highest BCUT2D eigenvalue weighted by Crippen LogP contribution is 2.23. The van der Waals surface area contributed by atoms with Crippen LogP contribution in [-0.2, 0) is 0 Å². The van der Waals surface area contributed by atoms with Gasteiger partial charge in [0.15, 0.2) is 5.76 Å². The number of carbonyl (C=O) groups excluding carboxylic acids is 1. The summed E-state index contributed by atoms with van der Waals surface area (Å²) in [5.74, 6) is 0.685. The van der Waals surface area contributed by atoms with Gasteiger partial charge in [0.05, 0.1) is 19.5 Å². The Kier molecular flexibility index (Phi) is 3.79. The van der Waals surface area contributed by atoms with E-state index in [4.69, 9.17) is 9.15 Å². The molecular formula is C14H14O4. The number of Topliss-reactive ketones (excluding diaryl/α,β-unsaturated/α-hetero) is 1. The number of benzene rings is 1. The molecule has 94 valence electrons. The van der Waals surface area contributed by atoms with Crippen LogP contribution in [0.4, 0.5) is 0 Å². The van der Waals surface area contributed by atoms with Gasteiger partial charge < -0.3 is 14.3 Å². The molecule has 4 nitrogen and oxygen atoms in total. The number of aliphatic hydroxyl groups is 1. The zero-order valence-corrected chi connectivity index (χ0v) is 10.00. The summed E-state index contributed by atoms with van der Waals surface area (Å²) < 4.78 is 10.1. The lowest BCUT2D eigenvalue weighted by Gasteiger charge is -2.10. The third-order valence-electron chi connectivity index (χ3n) is 2.65. The van der Waals surface area contributed by atoms with Crippen molar-refractivity contribution >= 4 is 5.78 Å². The third kappa shape index (κ3) is 2.78. The van der Waals surface area contributed by atoms with Gasteiger partial charge in [-0.05, 0) is 29.8 Å². The van der Waals surface area contributed by atoms with E-state index in [9.17, 15) is 9.90 Å². The van der Waals surface area contributed by atoms with Crippen LogP contribution in [-0.4, -0.2) is 18.0 Å². The van der Waals surface area contributed by atoms with Crippen LogP contribution in [0.15, 0.2) is 47.1 Å². The van der Waals surface area contributed by atoms with Crippen molar-refractivity contribution in [2.75, 3.05) is 7.11 Å². The van der Waals surface area contributed by atoms with E-state index in [1.54, 1.807) is 43.5 Å². The van der Waals surface area contributed by atoms with Crippen molar-refractivity contribution in [2.45, 2.75) is 12.5 Å². The van der Waals surface area contributed by atoms with Crippen LogP contribution >= 0.6 is 0 Å². The second-order valence-electron chi connectivity index (χ2n) is 3.90. The number of ketones is 1. The number of methoxy groups -OCH3 is 1. The molecule has 4 heteroatoms. The molecule has 0 bridgehead atoms. The minimum Gasteiger partial charge on any atom is -0.497 e. The Morgan fingerprint density at radius 1 is 1.39 bits per heavy atom. The Bertz CT molecular complexity index is 516. The van der Waals surface area contributed by atoms with E-state index in [2.05, 4.69) is 0 Å². The normalized spacial score (nSPS) is 12.1. The van der Waals surface area contributed by atoms with Crippen molar-refractivity contribution < 1.29 is 19.1 Å². The number of hydrogen-bond acceptors (Lipinski definition) is 4. The summed E-state index contributed by atoms with van der Waals surface area (Å²) in [4.78, 5) is 11.8. The van der Waals surface area contributed by atoms with Crippen molar-refractivity contribution in [2.24, 2.45) is 0 Å². The van der Waals surface area contributed by atoms with E-state index < -0.39 is 6.10 Å². The van der Waals surface area contributed by atoms with E-state index in [0.717, 1.165) is 0 Å². The van der Waals surface area contributed by atoms with E-state index in [-0.39, 0.29) is 18.0 Å². The molecule has 0 spiro atoms. The number of hydrogen-bond donors (Lipinski definition) is 1. The number of ether oxygens (including phenoxy) is 1. The summed E-state index contributed by atoms with van der Waals surface area (Å²) >= 11 is 0. The van der Waals surface area contributed by atoms with Crippen LogP contribution in [0.5, 0.6) is 5.75 Å². The van der Waals surface area contributed by atoms with Gasteiger partial charge in [0.1, 0.15) is 5.75 Å². The molecule has 0 unspecified atom stereocenters. The molecule has 0 fully saturated rings. The van der Waals surface area contributed by atoms with Gasteiger partial charge >= 0.3 is 0 Å². The van der Waals surface area contributed by atoms with Crippen LogP contribution in [0.1, 0.15) is 28.6 Å². The molecule has 0 aliphatic rings. The topological polar surface area (TPSA) is 59.7 Å². The SMILES string of the molecule is COc1cccc([C@@H](O)CC(=O)c2ccco2)c1. The smallest absolute Gasteiger partial charge is 0.200 e. The van der Waals surface area contributed by atoms with Crippen molar-refractivity contribution in [3.63, 3.8) is 0 Å². The van der Waals surface area contributed by atoms with Crippen molar-refractivity contribution in [3.05, 3.63) is 54.0 Å². The summed E-state index contributed by atoms with van der Waals surface area (Å²) in [6.45, 7) is 0. The second-order valence-corrected chi connectivity index (χ2v) is 3.90. The van der Waals surface area contributed by atoms with Crippen molar-refractivity contribution in [1.29, 1.82) is 0 Å².